The van der Waals surface area contributed by atoms with Crippen LogP contribution in [-0.2, 0) is 16.6 Å². The van der Waals surface area contributed by atoms with Gasteiger partial charge in [0.25, 0.3) is 0 Å². The van der Waals surface area contributed by atoms with Crippen LogP contribution in [0.5, 0.6) is 0 Å². The van der Waals surface area contributed by atoms with Crippen molar-refractivity contribution in [2.75, 3.05) is 5.73 Å². The molecule has 0 fully saturated rings. The van der Waals surface area contributed by atoms with Crippen molar-refractivity contribution in [2.24, 2.45) is 0 Å². The lowest BCUT2D eigenvalue weighted by Crippen LogP contribution is -1.98. The summed E-state index contributed by atoms with van der Waals surface area (Å²) in [5.74, 6) is 0.693. The van der Waals surface area contributed by atoms with Gasteiger partial charge < -0.3 is 10.2 Å². The molecule has 1 heterocycles. The molecule has 0 aliphatic carbocycles. The second-order valence-electron chi connectivity index (χ2n) is 4.56. The quantitative estimate of drug-likeness (QED) is 0.751. The maximum absolute atomic E-state index is 12.4. The van der Waals surface area contributed by atoms with Gasteiger partial charge in [0.05, 0.1) is 16.5 Å². The Morgan fingerprint density at radius 2 is 2.00 bits per heavy atom. The third-order valence-corrected chi connectivity index (χ3v) is 4.55. The zero-order valence-corrected chi connectivity index (χ0v) is 11.8. The SMILES string of the molecule is Cc1ccccc1S(=O)Cc1nc2c(N)cccc2o1. The molecule has 3 rings (SSSR count). The molecular weight excluding hydrogens is 272 g/mol. The number of nitrogen functional groups attached to an aromatic ring is 1. The van der Waals surface area contributed by atoms with E-state index in [-0.39, 0.29) is 5.75 Å². The Kier molecular flexibility index (Phi) is 3.28. The highest BCUT2D eigenvalue weighted by Gasteiger charge is 2.13. The van der Waals surface area contributed by atoms with Gasteiger partial charge in [0.2, 0.25) is 5.89 Å². The highest BCUT2D eigenvalue weighted by atomic mass is 32.2. The number of oxazole rings is 1. The number of hydrogen-bond acceptors (Lipinski definition) is 4. The normalized spacial score (nSPS) is 12.7. The summed E-state index contributed by atoms with van der Waals surface area (Å²) < 4.78 is 18.0. The summed E-state index contributed by atoms with van der Waals surface area (Å²) in [6, 6.07) is 13.0. The van der Waals surface area contributed by atoms with Crippen LogP contribution in [0, 0.1) is 6.92 Å². The molecule has 0 saturated carbocycles. The standard InChI is InChI=1S/C15H14N2O2S/c1-10-5-2-3-8-13(10)20(18)9-14-17-15-11(16)6-4-7-12(15)19-14/h2-8H,9,16H2,1H3. The smallest absolute Gasteiger partial charge is 0.208 e. The third kappa shape index (κ3) is 2.32. The molecule has 0 saturated heterocycles. The van der Waals surface area contributed by atoms with Crippen LogP contribution in [0.3, 0.4) is 0 Å². The fourth-order valence-electron chi connectivity index (χ4n) is 2.08. The summed E-state index contributed by atoms with van der Waals surface area (Å²) in [5, 5.41) is 0. The molecular formula is C15H14N2O2S. The van der Waals surface area contributed by atoms with Gasteiger partial charge in [-0.15, -0.1) is 0 Å². The third-order valence-electron chi connectivity index (χ3n) is 3.09. The van der Waals surface area contributed by atoms with Crippen molar-refractivity contribution in [2.45, 2.75) is 17.6 Å². The molecule has 0 spiro atoms. The topological polar surface area (TPSA) is 69.1 Å². The Morgan fingerprint density at radius 3 is 2.75 bits per heavy atom. The molecule has 102 valence electrons. The fourth-order valence-corrected chi connectivity index (χ4v) is 3.24. The van der Waals surface area contributed by atoms with Crippen LogP contribution < -0.4 is 5.73 Å². The van der Waals surface area contributed by atoms with E-state index in [1.165, 1.54) is 0 Å². The van der Waals surface area contributed by atoms with E-state index in [2.05, 4.69) is 4.98 Å². The van der Waals surface area contributed by atoms with Gasteiger partial charge in [0.15, 0.2) is 5.58 Å². The molecule has 0 bridgehead atoms. The first-order valence-corrected chi connectivity index (χ1v) is 7.55. The number of aryl methyl sites for hydroxylation is 1. The first-order valence-electron chi connectivity index (χ1n) is 6.23. The van der Waals surface area contributed by atoms with Crippen molar-refractivity contribution in [3.8, 4) is 0 Å². The largest absolute Gasteiger partial charge is 0.440 e. The average molecular weight is 286 g/mol. The Bertz CT molecular complexity index is 795. The molecule has 0 radical (unpaired) electrons. The first kappa shape index (κ1) is 12.9. The Labute approximate surface area is 119 Å². The molecule has 2 aromatic carbocycles. The van der Waals surface area contributed by atoms with Crippen LogP contribution >= 0.6 is 0 Å². The molecule has 20 heavy (non-hydrogen) atoms. The van der Waals surface area contributed by atoms with Crippen molar-refractivity contribution in [3.05, 3.63) is 53.9 Å². The number of rotatable bonds is 3. The van der Waals surface area contributed by atoms with E-state index in [0.29, 0.717) is 22.7 Å². The van der Waals surface area contributed by atoms with Crippen LogP contribution in [-0.4, -0.2) is 9.19 Å². The monoisotopic (exact) mass is 286 g/mol. The minimum Gasteiger partial charge on any atom is -0.440 e. The van der Waals surface area contributed by atoms with E-state index >= 15 is 0 Å². The van der Waals surface area contributed by atoms with Crippen LogP contribution in [0.25, 0.3) is 11.1 Å². The zero-order valence-electron chi connectivity index (χ0n) is 11.0. The molecule has 0 aliphatic rings. The number of anilines is 1. The van der Waals surface area contributed by atoms with E-state index < -0.39 is 10.8 Å². The van der Waals surface area contributed by atoms with Crippen LogP contribution in [0.4, 0.5) is 5.69 Å². The second kappa shape index (κ2) is 5.09. The van der Waals surface area contributed by atoms with Gasteiger partial charge in [-0.05, 0) is 30.7 Å². The highest BCUT2D eigenvalue weighted by Crippen LogP contribution is 2.23. The predicted octanol–water partition coefficient (Wildman–Crippen LogP) is 3.03. The van der Waals surface area contributed by atoms with E-state index in [0.717, 1.165) is 10.5 Å². The summed E-state index contributed by atoms with van der Waals surface area (Å²) in [6.07, 6.45) is 0. The summed E-state index contributed by atoms with van der Waals surface area (Å²) in [7, 11) is -1.18. The molecule has 0 aliphatic heterocycles. The van der Waals surface area contributed by atoms with E-state index in [1.807, 2.05) is 37.3 Å². The van der Waals surface area contributed by atoms with Gasteiger partial charge in [-0.25, -0.2) is 4.98 Å². The second-order valence-corrected chi connectivity index (χ2v) is 5.98. The lowest BCUT2D eigenvalue weighted by atomic mass is 10.2. The lowest BCUT2D eigenvalue weighted by molar-refractivity contribution is 0.552. The van der Waals surface area contributed by atoms with Gasteiger partial charge in [-0.2, -0.15) is 0 Å². The summed E-state index contributed by atoms with van der Waals surface area (Å²) in [5.41, 5.74) is 8.66. The van der Waals surface area contributed by atoms with E-state index in [9.17, 15) is 4.21 Å². The fraction of sp³-hybridized carbons (Fsp3) is 0.133. The lowest BCUT2D eigenvalue weighted by Gasteiger charge is -2.02. The number of fused-ring (bicyclic) bond motifs is 1. The van der Waals surface area contributed by atoms with Crippen molar-refractivity contribution >= 4 is 27.6 Å². The number of hydrogen-bond donors (Lipinski definition) is 1. The van der Waals surface area contributed by atoms with Crippen LogP contribution in [0.1, 0.15) is 11.5 Å². The van der Waals surface area contributed by atoms with E-state index in [1.54, 1.807) is 12.1 Å². The molecule has 1 atom stereocenters. The zero-order chi connectivity index (χ0) is 14.1. The molecule has 5 heteroatoms. The summed E-state index contributed by atoms with van der Waals surface area (Å²) in [4.78, 5) is 5.13. The molecule has 1 unspecified atom stereocenters. The number of para-hydroxylation sites is 1. The van der Waals surface area contributed by atoms with Crippen molar-refractivity contribution in [1.82, 2.24) is 4.98 Å². The highest BCUT2D eigenvalue weighted by molar-refractivity contribution is 7.84. The first-order chi connectivity index (χ1) is 9.65. The van der Waals surface area contributed by atoms with Gasteiger partial charge in [0.1, 0.15) is 11.3 Å². The number of nitrogens with zero attached hydrogens (tertiary/aromatic N) is 1. The van der Waals surface area contributed by atoms with Gasteiger partial charge in [-0.3, -0.25) is 4.21 Å². The maximum Gasteiger partial charge on any atom is 0.208 e. The number of benzene rings is 2. The molecule has 3 aromatic rings. The van der Waals surface area contributed by atoms with Gasteiger partial charge >= 0.3 is 0 Å². The maximum atomic E-state index is 12.4. The van der Waals surface area contributed by atoms with Crippen molar-refractivity contribution in [1.29, 1.82) is 0 Å². The Hall–Kier alpha value is -2.14. The van der Waals surface area contributed by atoms with Crippen LogP contribution in [0.2, 0.25) is 0 Å². The van der Waals surface area contributed by atoms with Crippen molar-refractivity contribution in [3.63, 3.8) is 0 Å². The minimum absolute atomic E-state index is 0.249. The average Bonchev–Trinajstić information content (AvgIpc) is 2.83. The predicted molar refractivity (Wildman–Crippen MR) is 79.7 cm³/mol. The van der Waals surface area contributed by atoms with Gasteiger partial charge in [0, 0.05) is 4.90 Å². The summed E-state index contributed by atoms with van der Waals surface area (Å²) in [6.45, 7) is 1.94. The van der Waals surface area contributed by atoms with Gasteiger partial charge in [-0.1, -0.05) is 24.3 Å². The molecule has 1 aromatic heterocycles. The molecule has 0 amide bonds. The number of nitrogens with two attached hydrogens (primary N) is 1. The Morgan fingerprint density at radius 1 is 1.20 bits per heavy atom. The minimum atomic E-state index is -1.18. The summed E-state index contributed by atoms with van der Waals surface area (Å²) >= 11 is 0. The molecule has 2 N–H and O–H groups in total. The Balaban J connectivity index is 1.92. The van der Waals surface area contributed by atoms with Crippen molar-refractivity contribution < 1.29 is 8.63 Å². The van der Waals surface area contributed by atoms with E-state index in [4.69, 9.17) is 10.2 Å². The van der Waals surface area contributed by atoms with Crippen LogP contribution in [0.15, 0.2) is 51.8 Å². The molecule has 4 nitrogen and oxygen atoms in total. The number of aromatic nitrogens is 1.